The van der Waals surface area contributed by atoms with Crippen LogP contribution in [0.4, 0.5) is 5.13 Å². The van der Waals surface area contributed by atoms with Crippen LogP contribution >= 0.6 is 22.9 Å². The van der Waals surface area contributed by atoms with Gasteiger partial charge in [-0.2, -0.15) is 0 Å². The van der Waals surface area contributed by atoms with Crippen LogP contribution in [0.3, 0.4) is 0 Å². The number of hydrogen-bond donors (Lipinski definition) is 0. The first-order chi connectivity index (χ1) is 6.20. The molecule has 0 spiro atoms. The number of aldehydes is 1. The first-order valence-electron chi connectivity index (χ1n) is 4.07. The molecule has 0 aromatic carbocycles. The quantitative estimate of drug-likeness (QED) is 0.710. The first-order valence-corrected chi connectivity index (χ1v) is 5.26. The SMILES string of the molecule is CC1CN(c2nc(Cl)c(C=O)s2)C1. The Morgan fingerprint density at radius 3 is 2.85 bits per heavy atom. The molecule has 2 heterocycles. The van der Waals surface area contributed by atoms with Gasteiger partial charge in [0.25, 0.3) is 0 Å². The number of nitrogens with zero attached hydrogens (tertiary/aromatic N) is 2. The van der Waals surface area contributed by atoms with E-state index in [1.54, 1.807) is 0 Å². The minimum Gasteiger partial charge on any atom is -0.347 e. The summed E-state index contributed by atoms with van der Waals surface area (Å²) in [5, 5.41) is 1.19. The van der Waals surface area contributed by atoms with E-state index >= 15 is 0 Å². The Morgan fingerprint density at radius 1 is 1.69 bits per heavy atom. The van der Waals surface area contributed by atoms with Crippen molar-refractivity contribution < 1.29 is 4.79 Å². The van der Waals surface area contributed by atoms with Gasteiger partial charge in [0.1, 0.15) is 4.88 Å². The smallest absolute Gasteiger partial charge is 0.187 e. The van der Waals surface area contributed by atoms with Crippen LogP contribution in [0.25, 0.3) is 0 Å². The van der Waals surface area contributed by atoms with Crippen molar-refractivity contribution in [3.05, 3.63) is 10.0 Å². The maximum Gasteiger partial charge on any atom is 0.187 e. The molecule has 1 fully saturated rings. The monoisotopic (exact) mass is 216 g/mol. The van der Waals surface area contributed by atoms with E-state index in [4.69, 9.17) is 11.6 Å². The molecule has 70 valence electrons. The molecule has 0 aliphatic carbocycles. The number of thiazole rings is 1. The van der Waals surface area contributed by atoms with Crippen molar-refractivity contribution in [1.82, 2.24) is 4.98 Å². The Balaban J connectivity index is 2.17. The van der Waals surface area contributed by atoms with Crippen LogP contribution < -0.4 is 4.90 Å². The van der Waals surface area contributed by atoms with Gasteiger partial charge in [0, 0.05) is 13.1 Å². The standard InChI is InChI=1S/C8H9ClN2OS/c1-5-2-11(3-5)8-10-7(9)6(4-12)13-8/h4-5H,2-3H2,1H3. The number of anilines is 1. The lowest BCUT2D eigenvalue weighted by atomic mass is 10.0. The Morgan fingerprint density at radius 2 is 2.38 bits per heavy atom. The average molecular weight is 217 g/mol. The van der Waals surface area contributed by atoms with Gasteiger partial charge in [0.2, 0.25) is 0 Å². The van der Waals surface area contributed by atoms with E-state index in [0.717, 1.165) is 30.4 Å². The number of rotatable bonds is 2. The zero-order valence-corrected chi connectivity index (χ0v) is 8.73. The third-order valence-corrected chi connectivity index (χ3v) is 3.48. The molecular weight excluding hydrogens is 208 g/mol. The molecule has 1 aliphatic rings. The fraction of sp³-hybridized carbons (Fsp3) is 0.500. The highest BCUT2D eigenvalue weighted by molar-refractivity contribution is 7.17. The van der Waals surface area contributed by atoms with Gasteiger partial charge in [0.15, 0.2) is 16.6 Å². The second-order valence-corrected chi connectivity index (χ2v) is 4.65. The van der Waals surface area contributed by atoms with Crippen molar-refractivity contribution in [3.8, 4) is 0 Å². The van der Waals surface area contributed by atoms with Crippen molar-refractivity contribution in [2.45, 2.75) is 6.92 Å². The fourth-order valence-corrected chi connectivity index (χ4v) is 2.45. The molecule has 5 heteroatoms. The zero-order chi connectivity index (χ0) is 9.42. The summed E-state index contributed by atoms with van der Waals surface area (Å²) in [5.41, 5.74) is 0. The van der Waals surface area contributed by atoms with Gasteiger partial charge in [-0.05, 0) is 5.92 Å². The Hall–Kier alpha value is -0.610. The maximum absolute atomic E-state index is 10.5. The van der Waals surface area contributed by atoms with Crippen molar-refractivity contribution >= 4 is 34.4 Å². The summed E-state index contributed by atoms with van der Waals surface area (Å²) < 4.78 is 0. The Bertz CT molecular complexity index is 333. The number of carbonyl (C=O) groups is 1. The van der Waals surface area contributed by atoms with E-state index in [9.17, 15) is 4.79 Å². The predicted molar refractivity (Wildman–Crippen MR) is 53.9 cm³/mol. The molecule has 0 saturated carbocycles. The highest BCUT2D eigenvalue weighted by atomic mass is 35.5. The van der Waals surface area contributed by atoms with Crippen molar-refractivity contribution in [2.75, 3.05) is 18.0 Å². The van der Waals surface area contributed by atoms with Crippen LogP contribution in [0.15, 0.2) is 0 Å². The molecule has 1 aliphatic heterocycles. The fourth-order valence-electron chi connectivity index (χ4n) is 1.37. The second-order valence-electron chi connectivity index (χ2n) is 3.28. The van der Waals surface area contributed by atoms with Crippen molar-refractivity contribution in [1.29, 1.82) is 0 Å². The normalized spacial score (nSPS) is 17.2. The number of aromatic nitrogens is 1. The molecule has 1 aromatic rings. The topological polar surface area (TPSA) is 33.2 Å². The van der Waals surface area contributed by atoms with Crippen LogP contribution in [0.2, 0.25) is 5.15 Å². The summed E-state index contributed by atoms with van der Waals surface area (Å²) in [4.78, 5) is 17.3. The molecule has 0 amide bonds. The van der Waals surface area contributed by atoms with Crippen LogP contribution in [-0.2, 0) is 0 Å². The third kappa shape index (κ3) is 1.56. The van der Waals surface area contributed by atoms with Gasteiger partial charge in [-0.25, -0.2) is 4.98 Å². The van der Waals surface area contributed by atoms with Gasteiger partial charge in [-0.3, -0.25) is 4.79 Å². The van der Waals surface area contributed by atoms with E-state index < -0.39 is 0 Å². The number of carbonyl (C=O) groups excluding carboxylic acids is 1. The van der Waals surface area contributed by atoms with Gasteiger partial charge >= 0.3 is 0 Å². The maximum atomic E-state index is 10.5. The van der Waals surface area contributed by atoms with Crippen LogP contribution in [0.5, 0.6) is 0 Å². The second kappa shape index (κ2) is 3.27. The lowest BCUT2D eigenvalue weighted by Gasteiger charge is -2.36. The third-order valence-electron chi connectivity index (χ3n) is 2.04. The average Bonchev–Trinajstić information content (AvgIpc) is 2.41. The van der Waals surface area contributed by atoms with Crippen LogP contribution in [0, 0.1) is 5.92 Å². The molecule has 0 bridgehead atoms. The summed E-state index contributed by atoms with van der Waals surface area (Å²) in [7, 11) is 0. The van der Waals surface area contributed by atoms with Gasteiger partial charge < -0.3 is 4.90 Å². The molecule has 1 aromatic heterocycles. The molecule has 0 radical (unpaired) electrons. The molecule has 13 heavy (non-hydrogen) atoms. The van der Waals surface area contributed by atoms with E-state index in [-0.39, 0.29) is 0 Å². The van der Waals surface area contributed by atoms with Gasteiger partial charge in [-0.15, -0.1) is 0 Å². The highest BCUT2D eigenvalue weighted by Gasteiger charge is 2.25. The number of hydrogen-bond acceptors (Lipinski definition) is 4. The lowest BCUT2D eigenvalue weighted by Crippen LogP contribution is -2.45. The van der Waals surface area contributed by atoms with E-state index in [1.165, 1.54) is 11.3 Å². The largest absolute Gasteiger partial charge is 0.347 e. The van der Waals surface area contributed by atoms with Gasteiger partial charge in [-0.1, -0.05) is 29.9 Å². The summed E-state index contributed by atoms with van der Waals surface area (Å²) in [6, 6.07) is 0. The molecule has 3 nitrogen and oxygen atoms in total. The summed E-state index contributed by atoms with van der Waals surface area (Å²) in [5.74, 6) is 0.724. The highest BCUT2D eigenvalue weighted by Crippen LogP contribution is 2.32. The molecule has 0 N–H and O–H groups in total. The molecule has 0 atom stereocenters. The summed E-state index contributed by atoms with van der Waals surface area (Å²) in [6.07, 6.45) is 0.757. The molecule has 1 saturated heterocycles. The van der Waals surface area contributed by atoms with Crippen LogP contribution in [-0.4, -0.2) is 24.4 Å². The van der Waals surface area contributed by atoms with Gasteiger partial charge in [0.05, 0.1) is 0 Å². The first kappa shape index (κ1) is 8.97. The molecule has 2 rings (SSSR count). The predicted octanol–water partition coefficient (Wildman–Crippen LogP) is 2.07. The molecule has 0 unspecified atom stereocenters. The summed E-state index contributed by atoms with van der Waals surface area (Å²) in [6.45, 7) is 4.22. The lowest BCUT2D eigenvalue weighted by molar-refractivity contribution is 0.112. The molecular formula is C8H9ClN2OS. The van der Waals surface area contributed by atoms with Crippen molar-refractivity contribution in [3.63, 3.8) is 0 Å². The van der Waals surface area contributed by atoms with Crippen LogP contribution in [0.1, 0.15) is 16.6 Å². The van der Waals surface area contributed by atoms with E-state index in [2.05, 4.69) is 16.8 Å². The minimum absolute atomic E-state index is 0.328. The Labute approximate surface area is 85.3 Å². The van der Waals surface area contributed by atoms with Crippen molar-refractivity contribution in [2.24, 2.45) is 5.92 Å². The van der Waals surface area contributed by atoms with E-state index in [0.29, 0.717) is 10.0 Å². The zero-order valence-electron chi connectivity index (χ0n) is 7.16. The van der Waals surface area contributed by atoms with E-state index in [1.807, 2.05) is 0 Å². The minimum atomic E-state index is 0.328. The summed E-state index contributed by atoms with van der Waals surface area (Å²) >= 11 is 7.11. The number of halogens is 1. The Kier molecular flexibility index (Phi) is 2.26.